The monoisotopic (exact) mass is 257 g/mol. The highest BCUT2D eigenvalue weighted by molar-refractivity contribution is 5.85. The van der Waals surface area contributed by atoms with Gasteiger partial charge in [0.1, 0.15) is 0 Å². The summed E-state index contributed by atoms with van der Waals surface area (Å²) in [5.74, 6) is -0.344. The summed E-state index contributed by atoms with van der Waals surface area (Å²) in [5.41, 5.74) is 0. The number of rotatable bonds is 3. The Kier molecular flexibility index (Phi) is 9.51. The first kappa shape index (κ1) is 17.4. The Balaban J connectivity index is 0. The third-order valence-corrected chi connectivity index (χ3v) is 2.83. The molecule has 1 aliphatic carbocycles. The van der Waals surface area contributed by atoms with Crippen LogP contribution in [0.4, 0.5) is 0 Å². The smallest absolute Gasteiger partial charge is 0.306 e. The van der Waals surface area contributed by atoms with E-state index in [-0.39, 0.29) is 30.7 Å². The van der Waals surface area contributed by atoms with Crippen LogP contribution in [0.1, 0.15) is 25.7 Å². The van der Waals surface area contributed by atoms with Gasteiger partial charge in [0.25, 0.3) is 0 Å². The molecule has 3 nitrogen and oxygen atoms in total. The molecule has 1 rings (SSSR count). The van der Waals surface area contributed by atoms with Crippen LogP contribution in [0.25, 0.3) is 0 Å². The molecule has 0 aromatic carbocycles. The molecule has 0 spiro atoms. The van der Waals surface area contributed by atoms with E-state index in [2.05, 4.69) is 4.90 Å². The van der Waals surface area contributed by atoms with Gasteiger partial charge in [-0.25, -0.2) is 0 Å². The van der Waals surface area contributed by atoms with Crippen molar-refractivity contribution in [2.24, 2.45) is 11.8 Å². The molecule has 1 saturated carbocycles. The molecule has 0 amide bonds. The van der Waals surface area contributed by atoms with E-state index in [1.165, 1.54) is 6.42 Å². The van der Waals surface area contributed by atoms with Crippen molar-refractivity contribution in [2.45, 2.75) is 25.7 Å². The maximum absolute atomic E-state index is 10.9. The van der Waals surface area contributed by atoms with Crippen molar-refractivity contribution in [1.82, 2.24) is 4.90 Å². The second kappa shape index (κ2) is 8.20. The van der Waals surface area contributed by atoms with Crippen molar-refractivity contribution in [1.29, 1.82) is 0 Å². The highest BCUT2D eigenvalue weighted by Crippen LogP contribution is 2.30. The van der Waals surface area contributed by atoms with E-state index in [0.29, 0.717) is 5.92 Å². The maximum atomic E-state index is 10.9. The summed E-state index contributed by atoms with van der Waals surface area (Å²) >= 11 is 0. The van der Waals surface area contributed by atoms with Gasteiger partial charge in [-0.2, -0.15) is 0 Å². The molecule has 0 bridgehead atoms. The summed E-state index contributed by atoms with van der Waals surface area (Å²) in [6, 6.07) is 0. The minimum atomic E-state index is -0.605. The lowest BCUT2D eigenvalue weighted by atomic mass is 9.79. The van der Waals surface area contributed by atoms with Crippen LogP contribution in [0.2, 0.25) is 0 Å². The lowest BCUT2D eigenvalue weighted by molar-refractivity contribution is -0.145. The van der Waals surface area contributed by atoms with E-state index in [1.807, 2.05) is 14.1 Å². The summed E-state index contributed by atoms with van der Waals surface area (Å²) < 4.78 is 0. The molecule has 0 heterocycles. The van der Waals surface area contributed by atoms with Crippen LogP contribution in [-0.4, -0.2) is 36.6 Å². The first-order chi connectivity index (χ1) is 6.11. The molecule has 1 N–H and O–H groups in total. The van der Waals surface area contributed by atoms with E-state index < -0.39 is 5.97 Å². The quantitative estimate of drug-likeness (QED) is 0.844. The lowest BCUT2D eigenvalue weighted by Crippen LogP contribution is -2.34. The highest BCUT2D eigenvalue weighted by atomic mass is 35.5. The SMILES string of the molecule is CN(C)CC1CCCCC1C(=O)O.Cl.Cl. The maximum Gasteiger partial charge on any atom is 0.306 e. The zero-order valence-corrected chi connectivity index (χ0v) is 10.9. The Morgan fingerprint density at radius 3 is 2.27 bits per heavy atom. The molecule has 2 unspecified atom stereocenters. The van der Waals surface area contributed by atoms with Crippen molar-refractivity contribution in [3.05, 3.63) is 0 Å². The molecule has 2 atom stereocenters. The molecule has 0 aromatic rings. The van der Waals surface area contributed by atoms with E-state index >= 15 is 0 Å². The molecular weight excluding hydrogens is 237 g/mol. The Hall–Kier alpha value is 0.01000. The van der Waals surface area contributed by atoms with Gasteiger partial charge in [-0.05, 0) is 32.9 Å². The molecule has 0 aromatic heterocycles. The van der Waals surface area contributed by atoms with Crippen molar-refractivity contribution >= 4 is 30.8 Å². The number of hydrogen-bond acceptors (Lipinski definition) is 2. The van der Waals surface area contributed by atoms with Crippen molar-refractivity contribution in [3.63, 3.8) is 0 Å². The van der Waals surface area contributed by atoms with Crippen molar-refractivity contribution in [3.8, 4) is 0 Å². The normalized spacial score (nSPS) is 25.3. The van der Waals surface area contributed by atoms with Crippen LogP contribution in [0, 0.1) is 11.8 Å². The average molecular weight is 258 g/mol. The van der Waals surface area contributed by atoms with E-state index in [1.54, 1.807) is 0 Å². The average Bonchev–Trinajstić information content (AvgIpc) is 2.03. The molecule has 15 heavy (non-hydrogen) atoms. The van der Waals surface area contributed by atoms with Crippen molar-refractivity contribution in [2.75, 3.05) is 20.6 Å². The van der Waals surface area contributed by atoms with Crippen LogP contribution in [-0.2, 0) is 4.79 Å². The van der Waals surface area contributed by atoms with Crippen molar-refractivity contribution < 1.29 is 9.90 Å². The predicted molar refractivity (Wildman–Crippen MR) is 66.1 cm³/mol. The van der Waals surface area contributed by atoms with Gasteiger partial charge in [-0.1, -0.05) is 12.8 Å². The summed E-state index contributed by atoms with van der Waals surface area (Å²) in [5, 5.41) is 9.00. The van der Waals surface area contributed by atoms with E-state index in [9.17, 15) is 4.79 Å². The first-order valence-corrected chi connectivity index (χ1v) is 4.99. The number of carboxylic acid groups (broad SMARTS) is 1. The lowest BCUT2D eigenvalue weighted by Gasteiger charge is -2.30. The first-order valence-electron chi connectivity index (χ1n) is 4.99. The second-order valence-corrected chi connectivity index (χ2v) is 4.25. The van der Waals surface area contributed by atoms with Gasteiger partial charge in [0.2, 0.25) is 0 Å². The molecule has 1 aliphatic rings. The van der Waals surface area contributed by atoms with Gasteiger partial charge in [0.15, 0.2) is 0 Å². The fourth-order valence-electron chi connectivity index (χ4n) is 2.22. The number of halogens is 2. The van der Waals surface area contributed by atoms with Gasteiger partial charge >= 0.3 is 5.97 Å². The number of hydrogen-bond donors (Lipinski definition) is 1. The van der Waals surface area contributed by atoms with Gasteiger partial charge in [0.05, 0.1) is 5.92 Å². The molecule has 5 heteroatoms. The zero-order chi connectivity index (χ0) is 9.84. The number of carbonyl (C=O) groups is 1. The summed E-state index contributed by atoms with van der Waals surface area (Å²) in [4.78, 5) is 13.0. The standard InChI is InChI=1S/C10H19NO2.2ClH/c1-11(2)7-8-5-3-4-6-9(8)10(12)13;;/h8-9H,3-7H2,1-2H3,(H,12,13);2*1H. The number of aliphatic carboxylic acids is 1. The number of carboxylic acids is 1. The van der Waals surface area contributed by atoms with Crippen LogP contribution < -0.4 is 0 Å². The molecule has 92 valence electrons. The second-order valence-electron chi connectivity index (χ2n) is 4.25. The Labute approximate surface area is 104 Å². The van der Waals surface area contributed by atoms with Crippen LogP contribution in [0.3, 0.4) is 0 Å². The van der Waals surface area contributed by atoms with E-state index in [0.717, 1.165) is 25.8 Å². The molecule has 0 aliphatic heterocycles. The van der Waals surface area contributed by atoms with Gasteiger partial charge in [-0.15, -0.1) is 24.8 Å². The summed E-state index contributed by atoms with van der Waals surface area (Å²) in [6.07, 6.45) is 4.23. The molecule has 1 fully saturated rings. The molecular formula is C10H21Cl2NO2. The van der Waals surface area contributed by atoms with Gasteiger partial charge in [-0.3, -0.25) is 4.79 Å². The fourth-order valence-corrected chi connectivity index (χ4v) is 2.22. The van der Waals surface area contributed by atoms with Crippen LogP contribution in [0.5, 0.6) is 0 Å². The Morgan fingerprint density at radius 2 is 1.80 bits per heavy atom. The number of nitrogens with zero attached hydrogens (tertiary/aromatic N) is 1. The Morgan fingerprint density at radius 1 is 1.27 bits per heavy atom. The van der Waals surface area contributed by atoms with Gasteiger partial charge in [0, 0.05) is 6.54 Å². The molecule has 0 saturated heterocycles. The predicted octanol–water partition coefficient (Wildman–Crippen LogP) is 2.28. The van der Waals surface area contributed by atoms with Crippen LogP contribution in [0.15, 0.2) is 0 Å². The molecule has 0 radical (unpaired) electrons. The minimum Gasteiger partial charge on any atom is -0.481 e. The Bertz CT molecular complexity index is 188. The largest absolute Gasteiger partial charge is 0.481 e. The van der Waals surface area contributed by atoms with Crippen LogP contribution >= 0.6 is 24.8 Å². The summed E-state index contributed by atoms with van der Waals surface area (Å²) in [6.45, 7) is 0.914. The highest BCUT2D eigenvalue weighted by Gasteiger charge is 2.30. The third kappa shape index (κ3) is 5.59. The fraction of sp³-hybridized carbons (Fsp3) is 0.900. The van der Waals surface area contributed by atoms with Gasteiger partial charge < -0.3 is 10.0 Å². The zero-order valence-electron chi connectivity index (χ0n) is 9.31. The summed E-state index contributed by atoms with van der Waals surface area (Å²) in [7, 11) is 4.01. The van der Waals surface area contributed by atoms with E-state index in [4.69, 9.17) is 5.11 Å². The third-order valence-electron chi connectivity index (χ3n) is 2.83. The topological polar surface area (TPSA) is 40.5 Å². The minimum absolute atomic E-state index is 0.